The summed E-state index contributed by atoms with van der Waals surface area (Å²) in [6, 6.07) is 5.59. The third-order valence-corrected chi connectivity index (χ3v) is 4.94. The van der Waals surface area contributed by atoms with Crippen LogP contribution in [0, 0.1) is 6.92 Å². The van der Waals surface area contributed by atoms with Gasteiger partial charge in [0.1, 0.15) is 6.10 Å². The molecule has 3 N–H and O–H groups in total. The third kappa shape index (κ3) is 4.61. The van der Waals surface area contributed by atoms with Gasteiger partial charge < -0.3 is 14.9 Å². The second-order valence-electron chi connectivity index (χ2n) is 5.34. The SMILES string of the molecule is Cc1ccc(S(=O)(=O)N[C@@H]2C=C[C@@H](CC(=O)O)O[C@@H]2CO)cc1. The molecule has 3 atom stereocenters. The molecule has 1 aromatic rings. The summed E-state index contributed by atoms with van der Waals surface area (Å²) in [5.41, 5.74) is 0.939. The molecule has 8 heteroatoms. The van der Waals surface area contributed by atoms with Gasteiger partial charge in [-0.15, -0.1) is 0 Å². The maximum absolute atomic E-state index is 12.4. The van der Waals surface area contributed by atoms with E-state index in [0.717, 1.165) is 5.56 Å². The van der Waals surface area contributed by atoms with Crippen molar-refractivity contribution in [3.8, 4) is 0 Å². The van der Waals surface area contributed by atoms with E-state index >= 15 is 0 Å². The molecule has 1 heterocycles. The molecule has 1 aliphatic rings. The minimum atomic E-state index is -3.77. The summed E-state index contributed by atoms with van der Waals surface area (Å²) in [6.07, 6.45) is 1.23. The van der Waals surface area contributed by atoms with Gasteiger partial charge in [0.25, 0.3) is 0 Å². The van der Waals surface area contributed by atoms with E-state index in [1.54, 1.807) is 12.1 Å². The first-order valence-corrected chi connectivity index (χ1v) is 8.55. The highest BCUT2D eigenvalue weighted by atomic mass is 32.2. The molecule has 0 unspecified atom stereocenters. The number of hydrogen-bond acceptors (Lipinski definition) is 5. The molecule has 0 spiro atoms. The van der Waals surface area contributed by atoms with E-state index in [1.165, 1.54) is 24.3 Å². The van der Waals surface area contributed by atoms with E-state index in [0.29, 0.717) is 0 Å². The number of carboxylic acid groups (broad SMARTS) is 1. The summed E-state index contributed by atoms with van der Waals surface area (Å²) in [5, 5.41) is 18.1. The van der Waals surface area contributed by atoms with Crippen molar-refractivity contribution in [2.24, 2.45) is 0 Å². The van der Waals surface area contributed by atoms with Crippen LogP contribution in [-0.2, 0) is 19.6 Å². The van der Waals surface area contributed by atoms with E-state index in [4.69, 9.17) is 9.84 Å². The van der Waals surface area contributed by atoms with Crippen LogP contribution in [0.25, 0.3) is 0 Å². The lowest BCUT2D eigenvalue weighted by Gasteiger charge is -2.31. The van der Waals surface area contributed by atoms with Gasteiger partial charge in [-0.2, -0.15) is 0 Å². The number of carbonyl (C=O) groups is 1. The number of hydrogen-bond donors (Lipinski definition) is 3. The predicted octanol–water partition coefficient (Wildman–Crippen LogP) is 0.433. The Morgan fingerprint density at radius 2 is 1.91 bits per heavy atom. The van der Waals surface area contributed by atoms with Gasteiger partial charge in [0.15, 0.2) is 0 Å². The molecule has 0 aliphatic carbocycles. The molecule has 7 nitrogen and oxygen atoms in total. The third-order valence-electron chi connectivity index (χ3n) is 3.46. The van der Waals surface area contributed by atoms with Crippen LogP contribution < -0.4 is 4.72 Å². The second-order valence-corrected chi connectivity index (χ2v) is 7.05. The van der Waals surface area contributed by atoms with Gasteiger partial charge in [0.2, 0.25) is 10.0 Å². The van der Waals surface area contributed by atoms with Crippen molar-refractivity contribution in [1.29, 1.82) is 0 Å². The summed E-state index contributed by atoms with van der Waals surface area (Å²) in [4.78, 5) is 10.8. The van der Waals surface area contributed by atoms with Crippen LogP contribution in [0.3, 0.4) is 0 Å². The average molecular weight is 341 g/mol. The maximum Gasteiger partial charge on any atom is 0.306 e. The van der Waals surface area contributed by atoms with Gasteiger partial charge in [0.05, 0.1) is 30.1 Å². The molecule has 1 aromatic carbocycles. The monoisotopic (exact) mass is 341 g/mol. The minimum Gasteiger partial charge on any atom is -0.481 e. The molecule has 0 radical (unpaired) electrons. The average Bonchev–Trinajstić information content (AvgIpc) is 2.48. The molecule has 0 amide bonds. The fourth-order valence-electron chi connectivity index (χ4n) is 2.25. The van der Waals surface area contributed by atoms with E-state index in [1.807, 2.05) is 6.92 Å². The molecular formula is C15H19NO6S. The molecule has 0 bridgehead atoms. The number of carboxylic acids is 1. The topological polar surface area (TPSA) is 113 Å². The lowest BCUT2D eigenvalue weighted by atomic mass is 10.1. The second kappa shape index (κ2) is 7.22. The first-order chi connectivity index (χ1) is 10.8. The zero-order chi connectivity index (χ0) is 17.0. The van der Waals surface area contributed by atoms with Crippen molar-refractivity contribution in [3.63, 3.8) is 0 Å². The van der Waals surface area contributed by atoms with Crippen LogP contribution in [-0.4, -0.2) is 49.5 Å². The molecule has 2 rings (SSSR count). The van der Waals surface area contributed by atoms with E-state index in [9.17, 15) is 18.3 Å². The lowest BCUT2D eigenvalue weighted by Crippen LogP contribution is -2.48. The largest absolute Gasteiger partial charge is 0.481 e. The zero-order valence-electron chi connectivity index (χ0n) is 12.5. The Bertz CT molecular complexity index is 682. The minimum absolute atomic E-state index is 0.112. The van der Waals surface area contributed by atoms with Crippen LogP contribution in [0.5, 0.6) is 0 Å². The smallest absolute Gasteiger partial charge is 0.306 e. The Morgan fingerprint density at radius 1 is 1.26 bits per heavy atom. The summed E-state index contributed by atoms with van der Waals surface area (Å²) >= 11 is 0. The van der Waals surface area contributed by atoms with Crippen LogP contribution in [0.15, 0.2) is 41.3 Å². The molecular weight excluding hydrogens is 322 g/mol. The van der Waals surface area contributed by atoms with Gasteiger partial charge in [-0.25, -0.2) is 13.1 Å². The first kappa shape index (κ1) is 17.6. The number of aliphatic carboxylic acids is 1. The molecule has 1 aliphatic heterocycles. The molecule has 0 saturated carbocycles. The van der Waals surface area contributed by atoms with Crippen LogP contribution >= 0.6 is 0 Å². The van der Waals surface area contributed by atoms with Crippen LogP contribution in [0.4, 0.5) is 0 Å². The standard InChI is InChI=1S/C15H19NO6S/c1-10-2-5-12(6-3-10)23(20,21)16-13-7-4-11(8-15(18)19)22-14(13)9-17/h2-7,11,13-14,16-17H,8-9H2,1H3,(H,18,19)/t11-,13+,14+/m0/s1. The Labute approximate surface area is 134 Å². The van der Waals surface area contributed by atoms with Gasteiger partial charge in [-0.05, 0) is 19.1 Å². The number of aliphatic hydroxyl groups excluding tert-OH is 1. The lowest BCUT2D eigenvalue weighted by molar-refractivity contribution is -0.141. The highest BCUT2D eigenvalue weighted by Gasteiger charge is 2.31. The zero-order valence-corrected chi connectivity index (χ0v) is 13.4. The number of benzene rings is 1. The molecule has 126 valence electrons. The maximum atomic E-state index is 12.4. The Kier molecular flexibility index (Phi) is 5.53. The summed E-state index contributed by atoms with van der Waals surface area (Å²) < 4.78 is 32.6. The van der Waals surface area contributed by atoms with Gasteiger partial charge >= 0.3 is 5.97 Å². The summed E-state index contributed by atoms with van der Waals surface area (Å²) in [7, 11) is -3.77. The van der Waals surface area contributed by atoms with Crippen LogP contribution in [0.1, 0.15) is 12.0 Å². The van der Waals surface area contributed by atoms with Crippen molar-refractivity contribution < 1.29 is 28.2 Å². The van der Waals surface area contributed by atoms with Crippen molar-refractivity contribution in [2.45, 2.75) is 36.5 Å². The highest BCUT2D eigenvalue weighted by molar-refractivity contribution is 7.89. The summed E-state index contributed by atoms with van der Waals surface area (Å²) in [6.45, 7) is 1.42. The quantitative estimate of drug-likeness (QED) is 0.647. The van der Waals surface area contributed by atoms with Crippen LogP contribution in [0.2, 0.25) is 0 Å². The van der Waals surface area contributed by atoms with E-state index in [-0.39, 0.29) is 11.3 Å². The van der Waals surface area contributed by atoms with E-state index in [2.05, 4.69) is 4.72 Å². The summed E-state index contributed by atoms with van der Waals surface area (Å²) in [5.74, 6) is -1.03. The van der Waals surface area contributed by atoms with Gasteiger partial charge in [-0.1, -0.05) is 29.8 Å². The van der Waals surface area contributed by atoms with Gasteiger partial charge in [0, 0.05) is 0 Å². The molecule has 0 aromatic heterocycles. The first-order valence-electron chi connectivity index (χ1n) is 7.07. The Balaban J connectivity index is 2.14. The number of sulfonamides is 1. The predicted molar refractivity (Wildman–Crippen MR) is 82.4 cm³/mol. The number of aryl methyl sites for hydroxylation is 1. The van der Waals surface area contributed by atoms with Crippen molar-refractivity contribution >= 4 is 16.0 Å². The normalized spacial score (nSPS) is 24.5. The van der Waals surface area contributed by atoms with Crippen molar-refractivity contribution in [3.05, 3.63) is 42.0 Å². The molecule has 0 fully saturated rings. The van der Waals surface area contributed by atoms with Crippen molar-refractivity contribution in [2.75, 3.05) is 6.61 Å². The van der Waals surface area contributed by atoms with Gasteiger partial charge in [-0.3, -0.25) is 4.79 Å². The molecule has 23 heavy (non-hydrogen) atoms. The number of ether oxygens (including phenoxy) is 1. The highest BCUT2D eigenvalue weighted by Crippen LogP contribution is 2.18. The number of nitrogens with one attached hydrogen (secondary N) is 1. The fourth-order valence-corrected chi connectivity index (χ4v) is 3.47. The fraction of sp³-hybridized carbons (Fsp3) is 0.400. The number of rotatable bonds is 6. The molecule has 0 saturated heterocycles. The van der Waals surface area contributed by atoms with E-state index < -0.39 is 40.8 Å². The Hall–Kier alpha value is -1.74. The number of aliphatic hydroxyl groups is 1. The van der Waals surface area contributed by atoms with Crippen molar-refractivity contribution in [1.82, 2.24) is 4.72 Å². The Morgan fingerprint density at radius 3 is 2.48 bits per heavy atom.